The predicted octanol–water partition coefficient (Wildman–Crippen LogP) is 1.01. The molecule has 0 saturated carbocycles. The van der Waals surface area contributed by atoms with Crippen molar-refractivity contribution in [3.8, 4) is 0 Å². The van der Waals surface area contributed by atoms with Gasteiger partial charge in [0.05, 0.1) is 12.3 Å². The Bertz CT molecular complexity index is 333. The van der Waals surface area contributed by atoms with Crippen molar-refractivity contribution < 1.29 is 9.63 Å². The van der Waals surface area contributed by atoms with Crippen molar-refractivity contribution in [2.45, 2.75) is 19.8 Å². The fourth-order valence-electron chi connectivity index (χ4n) is 1.30. The molecule has 1 aliphatic heterocycles. The maximum atomic E-state index is 11.8. The third-order valence-corrected chi connectivity index (χ3v) is 2.89. The van der Waals surface area contributed by atoms with Crippen molar-refractivity contribution in [1.29, 1.82) is 0 Å². The minimum Gasteiger partial charge on any atom is -0.271 e. The summed E-state index contributed by atoms with van der Waals surface area (Å²) < 4.78 is 3.73. The topological polar surface area (TPSA) is 55.3 Å². The zero-order chi connectivity index (χ0) is 9.97. The number of rotatable bonds is 1. The summed E-state index contributed by atoms with van der Waals surface area (Å²) in [6, 6.07) is 0. The lowest BCUT2D eigenvalue weighted by atomic mass is 10.3. The third kappa shape index (κ3) is 1.76. The van der Waals surface area contributed by atoms with Gasteiger partial charge in [0.1, 0.15) is 4.88 Å². The average molecular weight is 213 g/mol. The van der Waals surface area contributed by atoms with Crippen molar-refractivity contribution >= 4 is 17.4 Å². The third-order valence-electron chi connectivity index (χ3n) is 2.07. The highest BCUT2D eigenvalue weighted by molar-refractivity contribution is 7.07. The molecule has 0 unspecified atom stereocenters. The normalized spacial score (nSPS) is 17.1. The number of aromatic nitrogens is 2. The largest absolute Gasteiger partial charge is 0.291 e. The highest BCUT2D eigenvalue weighted by atomic mass is 32.1. The van der Waals surface area contributed by atoms with Crippen LogP contribution in [0.25, 0.3) is 0 Å². The fourth-order valence-corrected chi connectivity index (χ4v) is 1.90. The first kappa shape index (κ1) is 9.54. The van der Waals surface area contributed by atoms with Crippen LogP contribution in [0.15, 0.2) is 0 Å². The van der Waals surface area contributed by atoms with Crippen molar-refractivity contribution in [1.82, 2.24) is 14.7 Å². The Balaban J connectivity index is 2.11. The van der Waals surface area contributed by atoms with Gasteiger partial charge in [-0.25, -0.2) is 5.06 Å². The maximum absolute atomic E-state index is 11.8. The van der Waals surface area contributed by atoms with E-state index in [-0.39, 0.29) is 5.91 Å². The highest BCUT2D eigenvalue weighted by Gasteiger charge is 2.23. The van der Waals surface area contributed by atoms with Gasteiger partial charge in [0.25, 0.3) is 5.91 Å². The van der Waals surface area contributed by atoms with Crippen molar-refractivity contribution in [2.24, 2.45) is 0 Å². The molecule has 2 heterocycles. The first-order valence-electron chi connectivity index (χ1n) is 4.53. The number of aryl methyl sites for hydroxylation is 1. The summed E-state index contributed by atoms with van der Waals surface area (Å²) in [7, 11) is 0. The van der Waals surface area contributed by atoms with Crippen LogP contribution >= 0.6 is 11.5 Å². The second kappa shape index (κ2) is 4.02. The van der Waals surface area contributed by atoms with E-state index in [1.807, 2.05) is 0 Å². The van der Waals surface area contributed by atoms with Gasteiger partial charge in [0.15, 0.2) is 0 Å². The molecule has 6 heteroatoms. The first-order chi connectivity index (χ1) is 6.79. The van der Waals surface area contributed by atoms with Gasteiger partial charge >= 0.3 is 0 Å². The quantitative estimate of drug-likeness (QED) is 0.698. The first-order valence-corrected chi connectivity index (χ1v) is 5.30. The Labute approximate surface area is 85.8 Å². The van der Waals surface area contributed by atoms with Crippen LogP contribution in [0.3, 0.4) is 0 Å². The molecule has 1 aromatic rings. The molecule has 1 fully saturated rings. The number of carbonyl (C=O) groups excluding carboxylic acids is 1. The van der Waals surface area contributed by atoms with Crippen LogP contribution in [0.2, 0.25) is 0 Å². The number of nitrogens with zero attached hydrogens (tertiary/aromatic N) is 3. The molecule has 1 aromatic heterocycles. The molecule has 76 valence electrons. The Morgan fingerprint density at radius 1 is 1.57 bits per heavy atom. The smallest absolute Gasteiger partial charge is 0.271 e. The van der Waals surface area contributed by atoms with Gasteiger partial charge in [-0.05, 0) is 31.3 Å². The minimum absolute atomic E-state index is 0.114. The molecular formula is C8H11N3O2S. The summed E-state index contributed by atoms with van der Waals surface area (Å²) in [6.07, 6.45) is 2.01. The van der Waals surface area contributed by atoms with Crippen LogP contribution in [0.1, 0.15) is 28.2 Å². The molecule has 0 aliphatic carbocycles. The summed E-state index contributed by atoms with van der Waals surface area (Å²) in [5, 5.41) is 5.21. The van der Waals surface area contributed by atoms with E-state index in [1.165, 1.54) is 5.06 Å². The second-order valence-corrected chi connectivity index (χ2v) is 3.89. The Morgan fingerprint density at radius 3 is 3.00 bits per heavy atom. The van der Waals surface area contributed by atoms with Crippen LogP contribution in [-0.2, 0) is 4.84 Å². The lowest BCUT2D eigenvalue weighted by Gasteiger charge is -2.25. The van der Waals surface area contributed by atoms with Crippen molar-refractivity contribution in [3.05, 3.63) is 10.6 Å². The van der Waals surface area contributed by atoms with Gasteiger partial charge in [-0.3, -0.25) is 9.63 Å². The van der Waals surface area contributed by atoms with Gasteiger partial charge in [-0.2, -0.15) is 0 Å². The second-order valence-electron chi connectivity index (χ2n) is 3.14. The Morgan fingerprint density at radius 2 is 2.43 bits per heavy atom. The monoisotopic (exact) mass is 213 g/mol. The standard InChI is InChI=1S/C8H11N3O2S/c1-6-7(14-10-9-6)8(12)11-4-2-3-5-13-11/h2-5H2,1H3. The number of carbonyl (C=O) groups is 1. The molecule has 2 rings (SSSR count). The summed E-state index contributed by atoms with van der Waals surface area (Å²) in [5.41, 5.74) is 0.675. The van der Waals surface area contributed by atoms with Gasteiger partial charge < -0.3 is 0 Å². The lowest BCUT2D eigenvalue weighted by Crippen LogP contribution is -2.35. The van der Waals surface area contributed by atoms with Crippen molar-refractivity contribution in [3.63, 3.8) is 0 Å². The van der Waals surface area contributed by atoms with E-state index in [0.717, 1.165) is 24.4 Å². The van der Waals surface area contributed by atoms with E-state index in [2.05, 4.69) is 9.59 Å². The lowest BCUT2D eigenvalue weighted by molar-refractivity contribution is -0.144. The molecule has 0 atom stereocenters. The van der Waals surface area contributed by atoms with Crippen LogP contribution in [0.4, 0.5) is 0 Å². The minimum atomic E-state index is -0.114. The predicted molar refractivity (Wildman–Crippen MR) is 50.9 cm³/mol. The molecule has 14 heavy (non-hydrogen) atoms. The van der Waals surface area contributed by atoms with Crippen LogP contribution < -0.4 is 0 Å². The number of hydrogen-bond acceptors (Lipinski definition) is 5. The Kier molecular flexibility index (Phi) is 2.74. The molecule has 0 aromatic carbocycles. The van der Waals surface area contributed by atoms with E-state index in [0.29, 0.717) is 23.7 Å². The maximum Gasteiger partial charge on any atom is 0.291 e. The summed E-state index contributed by atoms with van der Waals surface area (Å²) in [5.74, 6) is -0.114. The zero-order valence-corrected chi connectivity index (χ0v) is 8.71. The molecule has 0 spiro atoms. The molecule has 0 radical (unpaired) electrons. The molecule has 5 nitrogen and oxygen atoms in total. The van der Waals surface area contributed by atoms with E-state index in [9.17, 15) is 4.79 Å². The fraction of sp³-hybridized carbons (Fsp3) is 0.625. The van der Waals surface area contributed by atoms with Crippen LogP contribution in [0.5, 0.6) is 0 Å². The number of amides is 1. The zero-order valence-electron chi connectivity index (χ0n) is 7.89. The summed E-state index contributed by atoms with van der Waals surface area (Å²) in [4.78, 5) is 17.6. The Hall–Kier alpha value is -1.01. The summed E-state index contributed by atoms with van der Waals surface area (Å²) in [6.45, 7) is 3.06. The van der Waals surface area contributed by atoms with E-state index >= 15 is 0 Å². The molecule has 0 N–H and O–H groups in total. The molecule has 1 aliphatic rings. The van der Waals surface area contributed by atoms with E-state index in [4.69, 9.17) is 4.84 Å². The van der Waals surface area contributed by atoms with Gasteiger partial charge in [0, 0.05) is 6.54 Å². The van der Waals surface area contributed by atoms with Gasteiger partial charge in [0.2, 0.25) is 0 Å². The average Bonchev–Trinajstić information content (AvgIpc) is 2.65. The van der Waals surface area contributed by atoms with E-state index in [1.54, 1.807) is 6.92 Å². The summed E-state index contributed by atoms with van der Waals surface area (Å²) >= 11 is 1.12. The molecule has 0 bridgehead atoms. The number of hydroxylamine groups is 2. The van der Waals surface area contributed by atoms with Crippen molar-refractivity contribution in [2.75, 3.05) is 13.2 Å². The van der Waals surface area contributed by atoms with Crippen LogP contribution in [0, 0.1) is 6.92 Å². The van der Waals surface area contributed by atoms with E-state index < -0.39 is 0 Å². The SMILES string of the molecule is Cc1nnsc1C(=O)N1CCCCO1. The molecule has 1 amide bonds. The number of hydrogen-bond donors (Lipinski definition) is 0. The molecular weight excluding hydrogens is 202 g/mol. The molecule has 1 saturated heterocycles. The van der Waals surface area contributed by atoms with Gasteiger partial charge in [-0.15, -0.1) is 5.10 Å². The van der Waals surface area contributed by atoms with Crippen LogP contribution in [-0.4, -0.2) is 33.7 Å². The highest BCUT2D eigenvalue weighted by Crippen LogP contribution is 2.15. The van der Waals surface area contributed by atoms with Gasteiger partial charge in [-0.1, -0.05) is 4.49 Å².